The zero-order valence-corrected chi connectivity index (χ0v) is 10.1. The van der Waals surface area contributed by atoms with Crippen LogP contribution in [0.5, 0.6) is 0 Å². The Bertz CT molecular complexity index is 527. The summed E-state index contributed by atoms with van der Waals surface area (Å²) in [5.41, 5.74) is 0.444. The summed E-state index contributed by atoms with van der Waals surface area (Å²) < 4.78 is 5.05. The Morgan fingerprint density at radius 3 is 3.12 bits per heavy atom. The summed E-state index contributed by atoms with van der Waals surface area (Å²) in [5, 5.41) is 2.56. The minimum absolute atomic E-state index is 0.287. The van der Waals surface area contributed by atoms with Gasteiger partial charge < -0.3 is 4.74 Å². The highest BCUT2D eigenvalue weighted by molar-refractivity contribution is 7.17. The summed E-state index contributed by atoms with van der Waals surface area (Å²) >= 11 is 7.28. The van der Waals surface area contributed by atoms with Gasteiger partial charge in [0.2, 0.25) is 0 Å². The summed E-state index contributed by atoms with van der Waals surface area (Å²) in [6.07, 6.45) is 2.17. The molecule has 0 saturated carbocycles. The molecule has 4 nitrogen and oxygen atoms in total. The Morgan fingerprint density at radius 2 is 2.38 bits per heavy atom. The van der Waals surface area contributed by atoms with Crippen molar-refractivity contribution in [1.29, 1.82) is 0 Å². The van der Waals surface area contributed by atoms with Crippen molar-refractivity contribution in [2.24, 2.45) is 0 Å². The highest BCUT2D eigenvalue weighted by atomic mass is 35.5. The van der Waals surface area contributed by atoms with Crippen LogP contribution >= 0.6 is 22.9 Å². The molecule has 0 saturated heterocycles. The molecule has 0 amide bonds. The van der Waals surface area contributed by atoms with Crippen molar-refractivity contribution >= 4 is 39.1 Å². The van der Waals surface area contributed by atoms with E-state index in [-0.39, 0.29) is 11.1 Å². The predicted molar refractivity (Wildman–Crippen MR) is 63.0 cm³/mol. The molecule has 2 heterocycles. The van der Waals surface area contributed by atoms with Gasteiger partial charge in [0.1, 0.15) is 16.3 Å². The van der Waals surface area contributed by atoms with E-state index >= 15 is 0 Å². The molecule has 0 N–H and O–H groups in total. The quantitative estimate of drug-likeness (QED) is 0.626. The van der Waals surface area contributed by atoms with Gasteiger partial charge in [0.25, 0.3) is 0 Å². The fourth-order valence-electron chi connectivity index (χ4n) is 1.26. The fourth-order valence-corrected chi connectivity index (χ4v) is 2.43. The minimum Gasteiger partial charge on any atom is -0.462 e. The first-order valence-electron chi connectivity index (χ1n) is 4.79. The lowest BCUT2D eigenvalue weighted by atomic mass is 10.2. The molecule has 6 heteroatoms. The number of carbonyl (C=O) groups excluding carboxylic acids is 1. The predicted octanol–water partition coefficient (Wildman–Crippen LogP) is 2.91. The summed E-state index contributed by atoms with van der Waals surface area (Å²) in [7, 11) is 0. The second-order valence-corrected chi connectivity index (χ2v) is 4.35. The molecule has 0 aliphatic rings. The number of thiophene rings is 1. The van der Waals surface area contributed by atoms with Gasteiger partial charge in [-0.25, -0.2) is 14.8 Å². The van der Waals surface area contributed by atoms with E-state index in [1.165, 1.54) is 17.7 Å². The number of aromatic nitrogens is 2. The van der Waals surface area contributed by atoms with Crippen LogP contribution in [0.3, 0.4) is 0 Å². The van der Waals surface area contributed by atoms with Gasteiger partial charge in [0.05, 0.1) is 17.6 Å². The second-order valence-electron chi connectivity index (χ2n) is 3.13. The highest BCUT2D eigenvalue weighted by Gasteiger charge is 2.17. The van der Waals surface area contributed by atoms with Crippen molar-refractivity contribution in [1.82, 2.24) is 9.97 Å². The average molecular weight is 257 g/mol. The molecule has 0 fully saturated rings. The smallest absolute Gasteiger partial charge is 0.339 e. The van der Waals surface area contributed by atoms with Crippen LogP contribution in [0, 0.1) is 0 Å². The van der Waals surface area contributed by atoms with Crippen LogP contribution in [0.4, 0.5) is 0 Å². The lowest BCUT2D eigenvalue weighted by molar-refractivity contribution is 0.0508. The number of ether oxygens (including phenoxy) is 1. The molecule has 0 aromatic carbocycles. The van der Waals surface area contributed by atoms with Crippen molar-refractivity contribution in [3.63, 3.8) is 0 Å². The molecule has 0 unspecified atom stereocenters. The summed E-state index contributed by atoms with van der Waals surface area (Å²) in [4.78, 5) is 20.3. The number of hydrogen-bond acceptors (Lipinski definition) is 5. The number of nitrogens with zero attached hydrogens (tertiary/aromatic N) is 2. The number of esters is 1. The van der Waals surface area contributed by atoms with Crippen LogP contribution in [-0.2, 0) is 4.74 Å². The Morgan fingerprint density at radius 1 is 1.56 bits per heavy atom. The summed E-state index contributed by atoms with van der Waals surface area (Å²) in [6, 6.07) is 0. The van der Waals surface area contributed by atoms with Gasteiger partial charge in [-0.2, -0.15) is 0 Å². The van der Waals surface area contributed by atoms with Crippen molar-refractivity contribution in [2.75, 3.05) is 6.61 Å². The molecule has 2 aromatic heterocycles. The molecule has 0 aliphatic heterocycles. The number of hydrogen-bond donors (Lipinski definition) is 0. The third kappa shape index (κ3) is 2.01. The van der Waals surface area contributed by atoms with Gasteiger partial charge in [0.15, 0.2) is 0 Å². The van der Waals surface area contributed by atoms with Gasteiger partial charge in [0, 0.05) is 5.38 Å². The van der Waals surface area contributed by atoms with Gasteiger partial charge >= 0.3 is 5.97 Å². The molecule has 16 heavy (non-hydrogen) atoms. The molecule has 2 aromatic rings. The Kier molecular flexibility index (Phi) is 3.36. The van der Waals surface area contributed by atoms with Crippen LogP contribution in [0.15, 0.2) is 11.7 Å². The van der Waals surface area contributed by atoms with E-state index in [1.807, 2.05) is 6.92 Å². The second kappa shape index (κ2) is 4.76. The number of halogens is 1. The van der Waals surface area contributed by atoms with E-state index in [0.717, 1.165) is 6.42 Å². The largest absolute Gasteiger partial charge is 0.462 e. The number of fused-ring (bicyclic) bond motifs is 1. The first-order valence-corrected chi connectivity index (χ1v) is 6.04. The molecule has 0 aliphatic carbocycles. The lowest BCUT2D eigenvalue weighted by Gasteiger charge is -2.01. The minimum atomic E-state index is -0.371. The third-order valence-electron chi connectivity index (χ3n) is 1.98. The summed E-state index contributed by atoms with van der Waals surface area (Å²) in [5.74, 6) is -0.371. The van der Waals surface area contributed by atoms with Gasteiger partial charge in [-0.3, -0.25) is 0 Å². The monoisotopic (exact) mass is 256 g/mol. The van der Waals surface area contributed by atoms with E-state index in [4.69, 9.17) is 16.3 Å². The Hall–Kier alpha value is -1.20. The Labute approximate surface area is 101 Å². The molecule has 0 atom stereocenters. The molecule has 2 rings (SSSR count). The first-order chi connectivity index (χ1) is 7.74. The standard InChI is InChI=1S/C10H9ClN2O2S/c1-2-3-15-10(14)6-4-16-9-7(6)8(11)12-5-13-9/h4-5H,2-3H2,1H3. The molecule has 84 valence electrons. The fraction of sp³-hybridized carbons (Fsp3) is 0.300. The zero-order valence-electron chi connectivity index (χ0n) is 8.57. The normalized spacial score (nSPS) is 10.6. The number of rotatable bonds is 3. The Balaban J connectivity index is 2.41. The van der Waals surface area contributed by atoms with E-state index in [1.54, 1.807) is 5.38 Å². The van der Waals surface area contributed by atoms with E-state index in [0.29, 0.717) is 22.4 Å². The van der Waals surface area contributed by atoms with Gasteiger partial charge in [-0.1, -0.05) is 18.5 Å². The van der Waals surface area contributed by atoms with E-state index in [9.17, 15) is 4.79 Å². The van der Waals surface area contributed by atoms with Gasteiger partial charge in [-0.05, 0) is 6.42 Å². The average Bonchev–Trinajstić information content (AvgIpc) is 2.71. The highest BCUT2D eigenvalue weighted by Crippen LogP contribution is 2.29. The van der Waals surface area contributed by atoms with Crippen molar-refractivity contribution in [3.8, 4) is 0 Å². The van der Waals surface area contributed by atoms with Crippen LogP contribution in [0.2, 0.25) is 5.15 Å². The van der Waals surface area contributed by atoms with Crippen molar-refractivity contribution in [3.05, 3.63) is 22.4 Å². The van der Waals surface area contributed by atoms with Crippen molar-refractivity contribution < 1.29 is 9.53 Å². The molecule has 0 bridgehead atoms. The third-order valence-corrected chi connectivity index (χ3v) is 3.15. The molecular formula is C10H9ClN2O2S. The topological polar surface area (TPSA) is 52.1 Å². The van der Waals surface area contributed by atoms with Crippen LogP contribution < -0.4 is 0 Å². The lowest BCUT2D eigenvalue weighted by Crippen LogP contribution is -2.05. The molecule has 0 spiro atoms. The SMILES string of the molecule is CCCOC(=O)c1csc2ncnc(Cl)c12. The van der Waals surface area contributed by atoms with Gasteiger partial charge in [-0.15, -0.1) is 11.3 Å². The van der Waals surface area contributed by atoms with Crippen molar-refractivity contribution in [2.45, 2.75) is 13.3 Å². The summed E-state index contributed by atoms with van der Waals surface area (Å²) in [6.45, 7) is 2.34. The maximum atomic E-state index is 11.7. The van der Waals surface area contributed by atoms with Crippen LogP contribution in [0.1, 0.15) is 23.7 Å². The maximum absolute atomic E-state index is 11.7. The molecule has 0 radical (unpaired) electrons. The zero-order chi connectivity index (χ0) is 11.5. The maximum Gasteiger partial charge on any atom is 0.339 e. The van der Waals surface area contributed by atoms with E-state index in [2.05, 4.69) is 9.97 Å². The van der Waals surface area contributed by atoms with Crippen LogP contribution in [0.25, 0.3) is 10.2 Å². The van der Waals surface area contributed by atoms with Crippen LogP contribution in [-0.4, -0.2) is 22.5 Å². The van der Waals surface area contributed by atoms with E-state index < -0.39 is 0 Å². The molecular weight excluding hydrogens is 248 g/mol. The first kappa shape index (κ1) is 11.3. The number of carbonyl (C=O) groups is 1.